The third-order valence-corrected chi connectivity index (χ3v) is 2.69. The molecule has 3 rings (SSSR count). The van der Waals surface area contributed by atoms with Crippen molar-refractivity contribution in [2.45, 2.75) is 0 Å². The van der Waals surface area contributed by atoms with Gasteiger partial charge in [0.15, 0.2) is 12.2 Å². The molecule has 0 amide bonds. The van der Waals surface area contributed by atoms with Crippen molar-refractivity contribution in [3.8, 4) is 22.6 Å². The van der Waals surface area contributed by atoms with Gasteiger partial charge in [-0.15, -0.1) is 0 Å². The van der Waals surface area contributed by atoms with Crippen LogP contribution in [0.5, 0.6) is 0 Å². The van der Waals surface area contributed by atoms with Crippen LogP contribution < -0.4 is 0 Å². The summed E-state index contributed by atoms with van der Waals surface area (Å²) in [5.41, 5.74) is 1.11. The molecule has 94 valence electrons. The van der Waals surface area contributed by atoms with E-state index in [9.17, 15) is 8.78 Å². The van der Waals surface area contributed by atoms with Gasteiger partial charge in [-0.05, 0) is 18.2 Å². The van der Waals surface area contributed by atoms with E-state index in [1.807, 2.05) is 0 Å². The Morgan fingerprint density at radius 1 is 1.00 bits per heavy atom. The summed E-state index contributed by atoms with van der Waals surface area (Å²) in [5.74, 6) is -0.730. The lowest BCUT2D eigenvalue weighted by Gasteiger charge is -2.02. The molecule has 0 bridgehead atoms. The molecular formula is C14H8F2N2O. The summed E-state index contributed by atoms with van der Waals surface area (Å²) >= 11 is 0. The summed E-state index contributed by atoms with van der Waals surface area (Å²) in [7, 11) is 0. The van der Waals surface area contributed by atoms with Crippen molar-refractivity contribution in [2.75, 3.05) is 0 Å². The maximum absolute atomic E-state index is 13.8. The molecule has 3 aromatic rings. The normalized spacial score (nSPS) is 10.6. The number of oxazole rings is 1. The molecule has 1 aromatic carbocycles. The number of halogens is 2. The lowest BCUT2D eigenvalue weighted by atomic mass is 10.1. The maximum Gasteiger partial charge on any atom is 0.213 e. The quantitative estimate of drug-likeness (QED) is 0.658. The molecule has 5 heteroatoms. The minimum atomic E-state index is -0.631. The molecule has 0 saturated heterocycles. The molecule has 0 radical (unpaired) electrons. The molecule has 19 heavy (non-hydrogen) atoms. The molecule has 0 atom stereocenters. The second-order valence-electron chi connectivity index (χ2n) is 3.88. The van der Waals surface area contributed by atoms with Gasteiger partial charge in [0, 0.05) is 23.4 Å². The number of hydrogen-bond donors (Lipinski definition) is 0. The SMILES string of the molecule is Fc1cc(-c2ocnc2-c2ccccc2F)ccn1. The molecule has 0 fully saturated rings. The van der Waals surface area contributed by atoms with Gasteiger partial charge in [-0.25, -0.2) is 14.4 Å². The molecule has 0 saturated carbocycles. The van der Waals surface area contributed by atoms with Crippen molar-refractivity contribution in [3.63, 3.8) is 0 Å². The number of nitrogens with zero attached hydrogens (tertiary/aromatic N) is 2. The zero-order valence-corrected chi connectivity index (χ0v) is 9.68. The standard InChI is InChI=1S/C14H8F2N2O/c15-11-4-2-1-3-10(11)13-14(19-8-18-13)9-5-6-17-12(16)7-9/h1-8H. The third-order valence-electron chi connectivity index (χ3n) is 2.69. The number of hydrogen-bond acceptors (Lipinski definition) is 3. The smallest absolute Gasteiger partial charge is 0.213 e. The van der Waals surface area contributed by atoms with Gasteiger partial charge in [-0.2, -0.15) is 4.39 Å². The first-order valence-corrected chi connectivity index (χ1v) is 5.56. The van der Waals surface area contributed by atoms with Crippen molar-refractivity contribution < 1.29 is 13.2 Å². The first kappa shape index (κ1) is 11.5. The number of aromatic nitrogens is 2. The van der Waals surface area contributed by atoms with Gasteiger partial charge in [-0.1, -0.05) is 12.1 Å². The van der Waals surface area contributed by atoms with E-state index in [4.69, 9.17) is 4.42 Å². The molecule has 0 aliphatic heterocycles. The zero-order chi connectivity index (χ0) is 13.2. The lowest BCUT2D eigenvalue weighted by molar-refractivity contribution is 0.565. The van der Waals surface area contributed by atoms with Gasteiger partial charge in [-0.3, -0.25) is 0 Å². The topological polar surface area (TPSA) is 38.9 Å². The summed E-state index contributed by atoms with van der Waals surface area (Å²) in [4.78, 5) is 7.47. The molecule has 0 aliphatic rings. The Bertz CT molecular complexity index is 725. The molecule has 3 nitrogen and oxygen atoms in total. The fourth-order valence-electron chi connectivity index (χ4n) is 1.84. The molecular weight excluding hydrogens is 250 g/mol. The maximum atomic E-state index is 13.8. The monoisotopic (exact) mass is 258 g/mol. The zero-order valence-electron chi connectivity index (χ0n) is 9.68. The predicted octanol–water partition coefficient (Wildman–Crippen LogP) is 3.68. The lowest BCUT2D eigenvalue weighted by Crippen LogP contribution is -1.88. The van der Waals surface area contributed by atoms with Gasteiger partial charge in [0.1, 0.15) is 11.5 Å². The second kappa shape index (κ2) is 4.61. The van der Waals surface area contributed by atoms with E-state index < -0.39 is 11.8 Å². The first-order valence-electron chi connectivity index (χ1n) is 5.56. The highest BCUT2D eigenvalue weighted by Gasteiger charge is 2.16. The van der Waals surface area contributed by atoms with Gasteiger partial charge < -0.3 is 4.42 Å². The number of pyridine rings is 1. The van der Waals surface area contributed by atoms with Crippen LogP contribution >= 0.6 is 0 Å². The summed E-state index contributed by atoms with van der Waals surface area (Å²) < 4.78 is 32.1. The molecule has 2 aromatic heterocycles. The van der Waals surface area contributed by atoms with E-state index in [-0.39, 0.29) is 0 Å². The van der Waals surface area contributed by atoms with E-state index in [0.717, 1.165) is 0 Å². The Kier molecular flexibility index (Phi) is 2.79. The van der Waals surface area contributed by atoms with Gasteiger partial charge >= 0.3 is 0 Å². The fraction of sp³-hybridized carbons (Fsp3) is 0. The van der Waals surface area contributed by atoms with Crippen molar-refractivity contribution >= 4 is 0 Å². The van der Waals surface area contributed by atoms with Crippen LogP contribution in [0.2, 0.25) is 0 Å². The molecule has 0 unspecified atom stereocenters. The first-order chi connectivity index (χ1) is 9.25. The minimum Gasteiger partial charge on any atom is -0.443 e. The molecule has 2 heterocycles. The van der Waals surface area contributed by atoms with E-state index in [2.05, 4.69) is 9.97 Å². The summed E-state index contributed by atoms with van der Waals surface area (Å²) in [5, 5.41) is 0. The van der Waals surface area contributed by atoms with Crippen LogP contribution in [0.1, 0.15) is 0 Å². The summed E-state index contributed by atoms with van der Waals surface area (Å²) in [6.07, 6.45) is 2.52. The highest BCUT2D eigenvalue weighted by atomic mass is 19.1. The van der Waals surface area contributed by atoms with Crippen LogP contribution in [0.15, 0.2) is 53.4 Å². The Hall–Kier alpha value is -2.56. The van der Waals surface area contributed by atoms with Gasteiger partial charge in [0.2, 0.25) is 5.95 Å². The van der Waals surface area contributed by atoms with Crippen molar-refractivity contribution in [2.24, 2.45) is 0 Å². The molecule has 0 N–H and O–H groups in total. The van der Waals surface area contributed by atoms with Crippen LogP contribution in [0.3, 0.4) is 0 Å². The van der Waals surface area contributed by atoms with Crippen molar-refractivity contribution in [3.05, 3.63) is 60.8 Å². The Balaban J connectivity index is 2.16. The summed E-state index contributed by atoms with van der Waals surface area (Å²) in [6.45, 7) is 0. The van der Waals surface area contributed by atoms with Gasteiger partial charge in [0.05, 0.1) is 0 Å². The fourth-order valence-corrected chi connectivity index (χ4v) is 1.84. The number of rotatable bonds is 2. The third kappa shape index (κ3) is 2.10. The molecule has 0 aliphatic carbocycles. The van der Waals surface area contributed by atoms with Crippen LogP contribution in [0, 0.1) is 11.8 Å². The van der Waals surface area contributed by atoms with Gasteiger partial charge in [0.25, 0.3) is 0 Å². The van der Waals surface area contributed by atoms with Crippen LogP contribution in [0.25, 0.3) is 22.6 Å². The Labute approximate surface area is 107 Å². The average Bonchev–Trinajstić information content (AvgIpc) is 2.88. The Morgan fingerprint density at radius 2 is 1.84 bits per heavy atom. The molecule has 0 spiro atoms. The van der Waals surface area contributed by atoms with E-state index in [1.54, 1.807) is 24.3 Å². The Morgan fingerprint density at radius 3 is 2.63 bits per heavy atom. The second-order valence-corrected chi connectivity index (χ2v) is 3.88. The number of benzene rings is 1. The highest BCUT2D eigenvalue weighted by molar-refractivity contribution is 5.76. The van der Waals surface area contributed by atoms with E-state index in [0.29, 0.717) is 22.6 Å². The van der Waals surface area contributed by atoms with Crippen molar-refractivity contribution in [1.82, 2.24) is 9.97 Å². The average molecular weight is 258 g/mol. The van der Waals surface area contributed by atoms with Crippen molar-refractivity contribution in [1.29, 1.82) is 0 Å². The van der Waals surface area contributed by atoms with Crippen LogP contribution in [-0.2, 0) is 0 Å². The largest absolute Gasteiger partial charge is 0.443 e. The van der Waals surface area contributed by atoms with Crippen LogP contribution in [-0.4, -0.2) is 9.97 Å². The highest BCUT2D eigenvalue weighted by Crippen LogP contribution is 2.32. The van der Waals surface area contributed by atoms with Crippen LogP contribution in [0.4, 0.5) is 8.78 Å². The van der Waals surface area contributed by atoms with E-state index >= 15 is 0 Å². The van der Waals surface area contributed by atoms with E-state index in [1.165, 1.54) is 24.7 Å². The minimum absolute atomic E-state index is 0.309. The predicted molar refractivity (Wildman–Crippen MR) is 65.1 cm³/mol. The summed E-state index contributed by atoms with van der Waals surface area (Å²) in [6, 6.07) is 9.00.